The van der Waals surface area contributed by atoms with Gasteiger partial charge in [-0.05, 0) is 18.2 Å². The molecule has 1 amide bonds. The average Bonchev–Trinajstić information content (AvgIpc) is 2.64. The maximum atomic E-state index is 13.5. The fourth-order valence-electron chi connectivity index (χ4n) is 3.13. The summed E-state index contributed by atoms with van der Waals surface area (Å²) < 4.78 is 92.7. The Morgan fingerprint density at radius 2 is 2.03 bits per heavy atom. The number of halogens is 5. The summed E-state index contributed by atoms with van der Waals surface area (Å²) in [5.41, 5.74) is 2.89. The van der Waals surface area contributed by atoms with Crippen molar-refractivity contribution in [3.05, 3.63) is 29.5 Å². The second kappa shape index (κ2) is 8.42. The monoisotopic (exact) mass is 468 g/mol. The van der Waals surface area contributed by atoms with E-state index in [1.165, 1.54) is 0 Å². The van der Waals surface area contributed by atoms with E-state index in [0.29, 0.717) is 6.07 Å². The molecule has 0 saturated carbocycles. The number of anilines is 1. The van der Waals surface area contributed by atoms with Gasteiger partial charge in [-0.25, -0.2) is 13.4 Å². The maximum Gasteiger partial charge on any atom is 0.418 e. The van der Waals surface area contributed by atoms with Crippen molar-refractivity contribution in [3.8, 4) is 5.75 Å². The van der Waals surface area contributed by atoms with Crippen LogP contribution >= 0.6 is 0 Å². The molecule has 3 rings (SSSR count). The van der Waals surface area contributed by atoms with Gasteiger partial charge in [0.05, 0.1) is 22.6 Å². The molecular formula is C17H17F5N4O4S. The van der Waals surface area contributed by atoms with Gasteiger partial charge in [-0.1, -0.05) is 0 Å². The van der Waals surface area contributed by atoms with Gasteiger partial charge in [0.25, 0.3) is 5.91 Å². The zero-order valence-electron chi connectivity index (χ0n) is 15.7. The molecule has 170 valence electrons. The summed E-state index contributed by atoms with van der Waals surface area (Å²) in [5.74, 6) is -1.87. The van der Waals surface area contributed by atoms with Gasteiger partial charge in [0.15, 0.2) is 9.84 Å². The Morgan fingerprint density at radius 1 is 1.32 bits per heavy atom. The number of rotatable bonds is 5. The number of nitrogens with zero attached hydrogens (tertiary/aromatic N) is 1. The van der Waals surface area contributed by atoms with Crippen LogP contribution in [0, 0.1) is 0 Å². The molecule has 0 spiro atoms. The van der Waals surface area contributed by atoms with E-state index < -0.39 is 57.1 Å². The summed E-state index contributed by atoms with van der Waals surface area (Å²) in [4.78, 5) is 16.1. The van der Waals surface area contributed by atoms with Crippen LogP contribution in [0.15, 0.2) is 18.2 Å². The number of carbonyl (C=O) groups is 1. The van der Waals surface area contributed by atoms with Gasteiger partial charge < -0.3 is 21.1 Å². The Hall–Kier alpha value is -2.74. The highest BCUT2D eigenvalue weighted by molar-refractivity contribution is 7.91. The number of hydrogen-bond donors (Lipinski definition) is 3. The van der Waals surface area contributed by atoms with Gasteiger partial charge >= 0.3 is 12.8 Å². The first-order valence-electron chi connectivity index (χ1n) is 8.84. The third-order valence-electron chi connectivity index (χ3n) is 4.49. The molecule has 2 heterocycles. The summed E-state index contributed by atoms with van der Waals surface area (Å²) in [5, 5.41) is 5.00. The summed E-state index contributed by atoms with van der Waals surface area (Å²) in [7, 11) is -3.25. The summed E-state index contributed by atoms with van der Waals surface area (Å²) >= 11 is 0. The largest absolute Gasteiger partial charge is 0.435 e. The molecule has 2 aromatic rings. The third kappa shape index (κ3) is 5.50. The first-order chi connectivity index (χ1) is 14.4. The van der Waals surface area contributed by atoms with E-state index in [4.69, 9.17) is 5.73 Å². The van der Waals surface area contributed by atoms with Gasteiger partial charge in [0.1, 0.15) is 11.4 Å². The Kier molecular flexibility index (Phi) is 6.23. The van der Waals surface area contributed by atoms with Crippen molar-refractivity contribution in [2.75, 3.05) is 30.3 Å². The molecule has 1 unspecified atom stereocenters. The van der Waals surface area contributed by atoms with Crippen molar-refractivity contribution < 1.29 is 39.9 Å². The molecule has 1 aliphatic rings. The van der Waals surface area contributed by atoms with E-state index in [1.54, 1.807) is 0 Å². The van der Waals surface area contributed by atoms with Crippen molar-refractivity contribution in [3.63, 3.8) is 0 Å². The minimum absolute atomic E-state index is 0.0301. The molecule has 4 N–H and O–H groups in total. The van der Waals surface area contributed by atoms with Gasteiger partial charge in [-0.2, -0.15) is 22.0 Å². The smallest absolute Gasteiger partial charge is 0.418 e. The molecule has 1 saturated heterocycles. The fourth-order valence-corrected chi connectivity index (χ4v) is 4.58. The lowest BCUT2D eigenvalue weighted by Gasteiger charge is -2.23. The molecule has 1 aliphatic heterocycles. The molecule has 0 radical (unpaired) electrons. The van der Waals surface area contributed by atoms with Crippen LogP contribution in [-0.2, 0) is 16.0 Å². The van der Waals surface area contributed by atoms with E-state index in [9.17, 15) is 35.2 Å². The number of hydrogen-bond acceptors (Lipinski definition) is 7. The number of amides is 1. The number of nitrogen functional groups attached to an aromatic ring is 1. The number of nitrogens with two attached hydrogens (primary N) is 1. The first-order valence-corrected chi connectivity index (χ1v) is 10.7. The maximum absolute atomic E-state index is 13.5. The number of benzene rings is 1. The Bertz CT molecular complexity index is 1110. The summed E-state index contributed by atoms with van der Waals surface area (Å²) in [6.45, 7) is -3.25. The number of carbonyl (C=O) groups excluding carboxylic acids is 1. The molecule has 1 fully saturated rings. The zero-order valence-corrected chi connectivity index (χ0v) is 16.5. The third-order valence-corrected chi connectivity index (χ3v) is 6.23. The number of aromatic nitrogens is 1. The highest BCUT2D eigenvalue weighted by atomic mass is 32.2. The van der Waals surface area contributed by atoms with Crippen molar-refractivity contribution in [2.24, 2.45) is 0 Å². The van der Waals surface area contributed by atoms with Gasteiger partial charge in [-0.3, -0.25) is 4.79 Å². The summed E-state index contributed by atoms with van der Waals surface area (Å²) in [6.07, 6.45) is -4.99. The Balaban J connectivity index is 1.92. The SMILES string of the molecule is Nc1cc(C(=O)NCC2CS(=O)(=O)CCN2)nc2c(C(F)(F)F)cc(OC(F)F)cc12. The summed E-state index contributed by atoms with van der Waals surface area (Å²) in [6, 6.07) is 1.65. The highest BCUT2D eigenvalue weighted by Gasteiger charge is 2.35. The normalized spacial score (nSPS) is 18.8. The number of alkyl halides is 5. The molecule has 31 heavy (non-hydrogen) atoms. The van der Waals surface area contributed by atoms with Crippen LogP contribution in [0.2, 0.25) is 0 Å². The second-order valence-corrected chi connectivity index (χ2v) is 9.04. The molecular weight excluding hydrogens is 451 g/mol. The minimum Gasteiger partial charge on any atom is -0.435 e. The van der Waals surface area contributed by atoms with Crippen LogP contribution in [0.1, 0.15) is 16.1 Å². The number of pyridine rings is 1. The van der Waals surface area contributed by atoms with Crippen LogP contribution in [-0.4, -0.2) is 56.6 Å². The molecule has 8 nitrogen and oxygen atoms in total. The van der Waals surface area contributed by atoms with Crippen molar-refractivity contribution >= 4 is 32.3 Å². The fraction of sp³-hybridized carbons (Fsp3) is 0.412. The quantitative estimate of drug-likeness (QED) is 0.569. The van der Waals surface area contributed by atoms with Crippen LogP contribution in [0.3, 0.4) is 0 Å². The topological polar surface area (TPSA) is 123 Å². The van der Waals surface area contributed by atoms with Crippen LogP contribution in [0.5, 0.6) is 5.75 Å². The standard InChI is InChI=1S/C17H17F5N4O4S/c18-16(19)30-9-3-10-12(23)5-13(26-14(10)11(4-9)17(20,21)22)15(27)25-6-8-7-31(28,29)2-1-24-8/h3-5,8,16,24H,1-2,6-7H2,(H2,23,26)(H,25,27). The predicted octanol–water partition coefficient (Wildman–Crippen LogP) is 1.55. The number of ether oxygens (including phenoxy) is 1. The molecule has 1 atom stereocenters. The van der Waals surface area contributed by atoms with E-state index >= 15 is 0 Å². The van der Waals surface area contributed by atoms with Crippen LogP contribution < -0.4 is 21.1 Å². The number of nitrogens with one attached hydrogen (secondary N) is 2. The zero-order chi connectivity index (χ0) is 23.0. The van der Waals surface area contributed by atoms with E-state index in [2.05, 4.69) is 20.4 Å². The molecule has 0 aliphatic carbocycles. The molecule has 1 aromatic carbocycles. The molecule has 1 aromatic heterocycles. The van der Waals surface area contributed by atoms with Crippen LogP contribution in [0.25, 0.3) is 10.9 Å². The predicted molar refractivity (Wildman–Crippen MR) is 101 cm³/mol. The molecule has 0 bridgehead atoms. The first kappa shape index (κ1) is 22.9. The second-order valence-electron chi connectivity index (χ2n) is 6.82. The van der Waals surface area contributed by atoms with Crippen molar-refractivity contribution in [2.45, 2.75) is 18.8 Å². The lowest BCUT2D eigenvalue weighted by Crippen LogP contribution is -2.50. The number of fused-ring (bicyclic) bond motifs is 1. The highest BCUT2D eigenvalue weighted by Crippen LogP contribution is 2.39. The lowest BCUT2D eigenvalue weighted by atomic mass is 10.1. The van der Waals surface area contributed by atoms with Crippen molar-refractivity contribution in [1.29, 1.82) is 0 Å². The van der Waals surface area contributed by atoms with Crippen LogP contribution in [0.4, 0.5) is 27.6 Å². The lowest BCUT2D eigenvalue weighted by molar-refractivity contribution is -0.136. The van der Waals surface area contributed by atoms with Gasteiger partial charge in [-0.15, -0.1) is 0 Å². The molecule has 14 heteroatoms. The van der Waals surface area contributed by atoms with Crippen molar-refractivity contribution in [1.82, 2.24) is 15.6 Å². The Morgan fingerprint density at radius 3 is 2.65 bits per heavy atom. The van der Waals surface area contributed by atoms with E-state index in [0.717, 1.165) is 12.1 Å². The minimum atomic E-state index is -4.99. The number of sulfone groups is 1. The average molecular weight is 468 g/mol. The Labute approximate surface area is 172 Å². The van der Waals surface area contributed by atoms with Gasteiger partial charge in [0.2, 0.25) is 0 Å². The van der Waals surface area contributed by atoms with Gasteiger partial charge in [0, 0.05) is 30.2 Å². The van der Waals surface area contributed by atoms with E-state index in [-0.39, 0.29) is 35.7 Å². The van der Waals surface area contributed by atoms with E-state index in [1.807, 2.05) is 0 Å².